The number of benzene rings is 2. The third kappa shape index (κ3) is 3.26. The first kappa shape index (κ1) is 16.2. The number of hydrogen-bond donors (Lipinski definition) is 3. The van der Waals surface area contributed by atoms with Gasteiger partial charge in [0.1, 0.15) is 6.04 Å². The minimum Gasteiger partial charge on any atom is -0.270 e. The van der Waals surface area contributed by atoms with Crippen molar-refractivity contribution in [3.8, 4) is 0 Å². The van der Waals surface area contributed by atoms with E-state index in [9.17, 15) is 4.79 Å². The highest BCUT2D eigenvalue weighted by atomic mass is 16.1. The van der Waals surface area contributed by atoms with Crippen LogP contribution in [0.5, 0.6) is 0 Å². The number of fused-ring (bicyclic) bond motifs is 1. The van der Waals surface area contributed by atoms with E-state index in [-0.39, 0.29) is 11.9 Å². The predicted molar refractivity (Wildman–Crippen MR) is 101 cm³/mol. The van der Waals surface area contributed by atoms with Gasteiger partial charge in [0.25, 0.3) is 11.9 Å². The molecule has 1 amide bonds. The van der Waals surface area contributed by atoms with Gasteiger partial charge in [0, 0.05) is 5.39 Å². The summed E-state index contributed by atoms with van der Waals surface area (Å²) in [4.78, 5) is 24.5. The van der Waals surface area contributed by atoms with E-state index in [1.165, 1.54) is 5.56 Å². The molecule has 3 aromatic rings. The normalized spacial score (nSPS) is 16.9. The Labute approximate surface area is 151 Å². The van der Waals surface area contributed by atoms with Gasteiger partial charge in [-0.1, -0.05) is 42.0 Å². The summed E-state index contributed by atoms with van der Waals surface area (Å²) >= 11 is 0. The Morgan fingerprint density at radius 2 is 1.92 bits per heavy atom. The number of rotatable bonds is 2. The number of aryl methyl sites for hydroxylation is 2. The van der Waals surface area contributed by atoms with Gasteiger partial charge in [-0.15, -0.1) is 0 Å². The van der Waals surface area contributed by atoms with Crippen molar-refractivity contribution in [2.45, 2.75) is 26.3 Å². The van der Waals surface area contributed by atoms with E-state index in [2.05, 4.69) is 31.7 Å². The van der Waals surface area contributed by atoms with Crippen LogP contribution in [0.15, 0.2) is 48.5 Å². The molecule has 0 fully saturated rings. The largest absolute Gasteiger partial charge is 0.358 e. The average Bonchev–Trinajstić information content (AvgIpc) is 2.63. The van der Waals surface area contributed by atoms with E-state index in [0.29, 0.717) is 18.3 Å². The Kier molecular flexibility index (Phi) is 4.08. The van der Waals surface area contributed by atoms with E-state index in [1.54, 1.807) is 0 Å². The van der Waals surface area contributed by atoms with Crippen molar-refractivity contribution in [2.24, 2.45) is 0 Å². The predicted octanol–water partition coefficient (Wildman–Crippen LogP) is 1.36. The van der Waals surface area contributed by atoms with Crippen LogP contribution in [-0.2, 0) is 4.79 Å². The molecule has 1 aromatic heterocycles. The molecule has 1 aliphatic heterocycles. The molecule has 130 valence electrons. The van der Waals surface area contributed by atoms with Crippen LogP contribution < -0.4 is 15.6 Å². The SMILES string of the molecule is Cc1ccc2nc(NC3=[NH+][C@H](c4ccccc4)CC(=O)N3)nc(C)c2c1. The van der Waals surface area contributed by atoms with Crippen LogP contribution in [0.4, 0.5) is 5.95 Å². The van der Waals surface area contributed by atoms with Crippen molar-refractivity contribution in [1.29, 1.82) is 0 Å². The first-order valence-corrected chi connectivity index (χ1v) is 8.59. The lowest BCUT2D eigenvalue weighted by Crippen LogP contribution is -2.82. The topological polar surface area (TPSA) is 80.9 Å². The number of nitrogens with one attached hydrogen (secondary N) is 3. The molecular weight excluding hydrogens is 326 g/mol. The van der Waals surface area contributed by atoms with Crippen LogP contribution in [0.3, 0.4) is 0 Å². The maximum Gasteiger partial charge on any atom is 0.358 e. The van der Waals surface area contributed by atoms with E-state index < -0.39 is 0 Å². The number of aromatic nitrogens is 2. The fraction of sp³-hybridized carbons (Fsp3) is 0.200. The standard InChI is InChI=1S/C20H19N5O/c1-12-8-9-16-15(10-12)13(2)21-19(22-16)25-20-23-17(11-18(26)24-20)14-6-4-3-5-7-14/h3-10,17H,11H2,1-2H3,(H2,21,22,23,24,25,26)/p+1/t17-/m0/s1. The van der Waals surface area contributed by atoms with Crippen LogP contribution >= 0.6 is 0 Å². The first-order valence-electron chi connectivity index (χ1n) is 8.59. The molecule has 0 saturated heterocycles. The fourth-order valence-corrected chi connectivity index (χ4v) is 3.15. The van der Waals surface area contributed by atoms with Crippen LogP contribution in [0.1, 0.15) is 29.3 Å². The second-order valence-corrected chi connectivity index (χ2v) is 6.51. The lowest BCUT2D eigenvalue weighted by Gasteiger charge is -2.17. The summed E-state index contributed by atoms with van der Waals surface area (Å²) in [6.07, 6.45) is 0.381. The number of anilines is 1. The second kappa shape index (κ2) is 6.55. The molecule has 0 bridgehead atoms. The second-order valence-electron chi connectivity index (χ2n) is 6.51. The minimum absolute atomic E-state index is 0.0479. The van der Waals surface area contributed by atoms with E-state index in [0.717, 1.165) is 22.2 Å². The molecular formula is C20H20N5O+. The van der Waals surface area contributed by atoms with Crippen molar-refractivity contribution >= 4 is 28.7 Å². The average molecular weight is 346 g/mol. The molecule has 4 rings (SSSR count). The van der Waals surface area contributed by atoms with Gasteiger partial charge in [0.15, 0.2) is 0 Å². The molecule has 0 spiro atoms. The van der Waals surface area contributed by atoms with Crippen LogP contribution in [0.25, 0.3) is 10.9 Å². The highest BCUT2D eigenvalue weighted by Gasteiger charge is 2.27. The van der Waals surface area contributed by atoms with Crippen molar-refractivity contribution in [2.75, 3.05) is 5.32 Å². The summed E-state index contributed by atoms with van der Waals surface area (Å²) in [6.45, 7) is 4.01. The Bertz CT molecular complexity index is 1010. The maximum absolute atomic E-state index is 12.1. The molecule has 0 radical (unpaired) electrons. The number of hydrogen-bond acceptors (Lipinski definition) is 4. The maximum atomic E-state index is 12.1. The molecule has 2 aromatic carbocycles. The van der Waals surface area contributed by atoms with Gasteiger partial charge in [0.05, 0.1) is 17.6 Å². The molecule has 1 aliphatic rings. The minimum atomic E-state index is -0.0864. The molecule has 26 heavy (non-hydrogen) atoms. The zero-order valence-electron chi connectivity index (χ0n) is 14.7. The van der Waals surface area contributed by atoms with E-state index >= 15 is 0 Å². The Morgan fingerprint density at radius 1 is 1.12 bits per heavy atom. The van der Waals surface area contributed by atoms with Gasteiger partial charge in [-0.3, -0.25) is 9.79 Å². The number of nitrogens with zero attached hydrogens (tertiary/aromatic N) is 2. The number of amides is 1. The van der Waals surface area contributed by atoms with Crippen LogP contribution in [-0.4, -0.2) is 21.8 Å². The Hall–Kier alpha value is -3.28. The van der Waals surface area contributed by atoms with Gasteiger partial charge in [-0.2, -0.15) is 4.98 Å². The molecule has 2 heterocycles. The molecule has 1 atom stereocenters. The summed E-state index contributed by atoms with van der Waals surface area (Å²) in [5, 5.41) is 6.96. The highest BCUT2D eigenvalue weighted by molar-refractivity contribution is 6.01. The fourth-order valence-electron chi connectivity index (χ4n) is 3.15. The van der Waals surface area contributed by atoms with Crippen molar-refractivity contribution in [3.05, 3.63) is 65.4 Å². The lowest BCUT2D eigenvalue weighted by molar-refractivity contribution is -0.513. The summed E-state index contributed by atoms with van der Waals surface area (Å²) in [6, 6.07) is 15.9. The summed E-state index contributed by atoms with van der Waals surface area (Å²) in [5.41, 5.74) is 4.00. The van der Waals surface area contributed by atoms with Gasteiger partial charge in [-0.05, 0) is 31.5 Å². The van der Waals surface area contributed by atoms with E-state index in [4.69, 9.17) is 0 Å². The van der Waals surface area contributed by atoms with Crippen molar-refractivity contribution in [1.82, 2.24) is 15.3 Å². The molecule has 0 saturated carbocycles. The molecule has 0 unspecified atom stereocenters. The summed E-state index contributed by atoms with van der Waals surface area (Å²) < 4.78 is 0. The summed E-state index contributed by atoms with van der Waals surface area (Å²) in [7, 11) is 0. The van der Waals surface area contributed by atoms with Crippen LogP contribution in [0.2, 0.25) is 0 Å². The van der Waals surface area contributed by atoms with E-state index in [1.807, 2.05) is 56.3 Å². The van der Waals surface area contributed by atoms with Crippen LogP contribution in [0, 0.1) is 13.8 Å². The summed E-state index contributed by atoms with van der Waals surface area (Å²) in [5.74, 6) is 0.907. The highest BCUT2D eigenvalue weighted by Crippen LogP contribution is 2.18. The first-order chi connectivity index (χ1) is 12.6. The Balaban J connectivity index is 1.65. The number of carbonyl (C=O) groups is 1. The third-order valence-corrected chi connectivity index (χ3v) is 4.45. The quantitative estimate of drug-likeness (QED) is 0.654. The van der Waals surface area contributed by atoms with Gasteiger partial charge in [-0.25, -0.2) is 15.6 Å². The van der Waals surface area contributed by atoms with Crippen molar-refractivity contribution < 1.29 is 9.79 Å². The van der Waals surface area contributed by atoms with Gasteiger partial charge >= 0.3 is 5.96 Å². The molecule has 6 heteroatoms. The van der Waals surface area contributed by atoms with Gasteiger partial charge < -0.3 is 0 Å². The lowest BCUT2D eigenvalue weighted by atomic mass is 10.0. The third-order valence-electron chi connectivity index (χ3n) is 4.45. The van der Waals surface area contributed by atoms with Crippen molar-refractivity contribution in [3.63, 3.8) is 0 Å². The monoisotopic (exact) mass is 346 g/mol. The smallest absolute Gasteiger partial charge is 0.270 e. The number of carbonyl (C=O) groups excluding carboxylic acids is 1. The molecule has 6 nitrogen and oxygen atoms in total. The zero-order chi connectivity index (χ0) is 18.1. The number of guanidine groups is 1. The molecule has 0 aliphatic carbocycles. The zero-order valence-corrected chi connectivity index (χ0v) is 14.7. The molecule has 3 N–H and O–H groups in total. The van der Waals surface area contributed by atoms with Gasteiger partial charge in [0.2, 0.25) is 0 Å². The Morgan fingerprint density at radius 3 is 2.73 bits per heavy atom.